The third kappa shape index (κ3) is 33.4. The molecule has 6 unspecified atom stereocenters. The third-order valence-electron chi connectivity index (χ3n) is 25.2. The number of fused-ring (bicyclic) bond motifs is 4. The predicted molar refractivity (Wildman–Crippen MR) is 510 cm³/mol. The number of aliphatic hydroxyl groups excluding tert-OH is 1. The maximum absolute atomic E-state index is 13.7. The summed E-state index contributed by atoms with van der Waals surface area (Å²) in [5.74, 6) is -6.27. The van der Waals surface area contributed by atoms with Gasteiger partial charge in [-0.15, -0.1) is 45.3 Å². The van der Waals surface area contributed by atoms with Crippen molar-refractivity contribution in [3.63, 3.8) is 0 Å². The fraction of sp³-hybridized carbons (Fsp3) is 0.649. The van der Waals surface area contributed by atoms with Gasteiger partial charge in [-0.1, -0.05) is 84.8 Å². The summed E-state index contributed by atoms with van der Waals surface area (Å²) in [7, 11) is 0. The zero-order valence-electron chi connectivity index (χ0n) is 81.6. The minimum Gasteiger partial charge on any atom is -1.00 e. The number of alkyl halides is 2. The van der Waals surface area contributed by atoms with E-state index < -0.39 is 52.7 Å². The molecule has 4 aromatic carbocycles. The van der Waals surface area contributed by atoms with Gasteiger partial charge in [0.05, 0.1) is 162 Å². The number of esters is 2. The molecule has 9 aliphatic heterocycles. The van der Waals surface area contributed by atoms with Gasteiger partial charge in [0.25, 0.3) is 5.92 Å². The van der Waals surface area contributed by atoms with Gasteiger partial charge in [0.1, 0.15) is 29.7 Å². The van der Waals surface area contributed by atoms with E-state index in [9.17, 15) is 32.8 Å². The second-order valence-corrected chi connectivity index (χ2v) is 37.9. The summed E-state index contributed by atoms with van der Waals surface area (Å²) in [5.41, 5.74) is 28.8. The second kappa shape index (κ2) is 55.7. The standard InChI is InChI=1S/C15H18N2O2S.C13H14F2N2S.C13H14N2OS.C9H16O4.C8H5NOS.C8H16O2.C7H13N3O2.C7H15NO2.C7H14O3.C7H12O3.Al.Li.H/c1-10-8-16-13(7-15(10)18-4-5-19-15)11-2-3-14-12(6-11)17-9-20-14;1-8-6-16-11(5-13(8,14)15)9-2-3-12-10(4-9)17-7-18-12;1-8-6-14-10(5-12(8)16)9-2-3-13-11(4-9)15-7-17-13;1-4-11-8(10)7(2)9(3)12-5-6-13-9;10-4-6-1-2-8-7(3-6)9-5-11-8;1-4-7(2)8(3)9-5-6-10-8;1-6(5-9-10-8)7(2)11-3-4-12-7;2*1-6(5-8)7(2)9-3-4-10-7;1-4-10-7(9)5(2)6(3)8;;;/h2-3,6,9-10,13,16H,4-5,7-8H2,1H3;2-4,7-8,11,16H,5-6H2,1H3;2-4,7-8,10,14H,5-6H2,1H3;7H,4-6H2,1-3H3;1-5H;7H,4-6H2,1-3H3;6H,3-5H2,1-2H3;6H,3-5,8H2,1-2H3;6,8H,3-5H2,1-2H3;5H,4H2,1-3H3;;;/q;;;;;;;;;;;+1;-1/t10-,13-;8-,11-;8-,10-;;;;;;;;;;/m000........../s1. The Hall–Kier alpha value is -5.99. The maximum Gasteiger partial charge on any atom is 1.00 e. The van der Waals surface area contributed by atoms with Crippen LogP contribution in [-0.2, 0) is 85.5 Å². The van der Waals surface area contributed by atoms with Crippen LogP contribution in [0.2, 0.25) is 0 Å². The van der Waals surface area contributed by atoms with Crippen LogP contribution in [0.1, 0.15) is 197 Å². The average molecular weight is 1940 g/mol. The van der Waals surface area contributed by atoms with Crippen molar-refractivity contribution in [3.8, 4) is 0 Å². The van der Waals surface area contributed by atoms with E-state index in [2.05, 4.69) is 108 Å². The number of rotatable bonds is 19. The number of nitrogens with two attached hydrogens (primary N) is 1. The second-order valence-electron chi connectivity index (χ2n) is 34.3. The number of halogens is 2. The first-order valence-electron chi connectivity index (χ1n) is 45.1. The zero-order valence-corrected chi connectivity index (χ0v) is 85.0. The zero-order chi connectivity index (χ0) is 95.7. The molecule has 9 fully saturated rings. The van der Waals surface area contributed by atoms with E-state index in [1.54, 1.807) is 110 Å². The summed E-state index contributed by atoms with van der Waals surface area (Å²) in [4.78, 5) is 74.5. The Morgan fingerprint density at radius 1 is 0.549 bits per heavy atom. The summed E-state index contributed by atoms with van der Waals surface area (Å²) in [6, 6.07) is 24.3. The molecule has 0 aliphatic carbocycles. The molecular formula is C94H138AlF2LiN11O20S4. The van der Waals surface area contributed by atoms with E-state index in [1.807, 2.05) is 90.7 Å². The van der Waals surface area contributed by atoms with E-state index in [0.29, 0.717) is 129 Å². The number of nitrogens with one attached hydrogen (secondary N) is 3. The Kier molecular flexibility index (Phi) is 48.5. The fourth-order valence-corrected chi connectivity index (χ4v) is 17.4. The molecule has 1 spiro atoms. The Morgan fingerprint density at radius 2 is 0.917 bits per heavy atom. The monoisotopic (exact) mass is 1940 g/mol. The van der Waals surface area contributed by atoms with Crippen molar-refractivity contribution in [2.24, 2.45) is 64.1 Å². The van der Waals surface area contributed by atoms with Gasteiger partial charge in [-0.05, 0) is 153 Å². The van der Waals surface area contributed by atoms with Gasteiger partial charge >= 0.3 is 30.8 Å². The molecule has 13 heterocycles. The number of Topliss-reactive ketones (excluding diaryl/α,β-unsaturated/α-hetero) is 2. The fourth-order valence-electron chi connectivity index (χ4n) is 14.8. The molecule has 12 atom stereocenters. The topological polar surface area (TPSA) is 397 Å². The average Bonchev–Trinajstić information content (AvgIpc) is 1.55. The quantitative estimate of drug-likeness (QED) is 0.00954. The van der Waals surface area contributed by atoms with Crippen LogP contribution in [-0.4, -0.2) is 245 Å². The van der Waals surface area contributed by atoms with E-state index in [4.69, 9.17) is 78.0 Å². The third-order valence-corrected chi connectivity index (χ3v) is 28.4. The molecular weight excluding hydrogens is 1800 g/mol. The summed E-state index contributed by atoms with van der Waals surface area (Å²) in [5, 5.41) is 22.5. The molecule has 8 aromatic rings. The molecule has 731 valence electrons. The van der Waals surface area contributed by atoms with Crippen LogP contribution >= 0.6 is 45.3 Å². The predicted octanol–water partition coefficient (Wildman–Crippen LogP) is 13.6. The molecule has 9 saturated heterocycles. The van der Waals surface area contributed by atoms with Crippen LogP contribution in [0.15, 0.2) is 100.0 Å². The Labute approximate surface area is 820 Å². The van der Waals surface area contributed by atoms with Crippen molar-refractivity contribution >= 4 is 133 Å². The van der Waals surface area contributed by atoms with Gasteiger partial charge in [0.15, 0.2) is 34.7 Å². The number of thiazole rings is 4. The van der Waals surface area contributed by atoms with Crippen LogP contribution in [0.4, 0.5) is 8.78 Å². The van der Waals surface area contributed by atoms with E-state index >= 15 is 0 Å². The van der Waals surface area contributed by atoms with Crippen LogP contribution in [0.3, 0.4) is 0 Å². The summed E-state index contributed by atoms with van der Waals surface area (Å²) < 4.78 is 107. The van der Waals surface area contributed by atoms with Gasteiger partial charge in [0.2, 0.25) is 0 Å². The molecule has 9 aliphatic rings. The van der Waals surface area contributed by atoms with Crippen LogP contribution in [0.5, 0.6) is 0 Å². The molecule has 0 saturated carbocycles. The Morgan fingerprint density at radius 3 is 1.31 bits per heavy atom. The van der Waals surface area contributed by atoms with Crippen molar-refractivity contribution in [3.05, 3.63) is 128 Å². The minimum absolute atomic E-state index is 0. The summed E-state index contributed by atoms with van der Waals surface area (Å²) in [6.07, 6.45) is 3.26. The number of aliphatic hydroxyl groups is 1. The Balaban J connectivity index is 0.000000266. The first-order valence-corrected chi connectivity index (χ1v) is 48.6. The smallest absolute Gasteiger partial charge is 1.00 e. The number of carbonyl (C=O) groups excluding carboxylic acids is 5. The molecule has 4 aromatic heterocycles. The molecule has 3 radical (unpaired) electrons. The Bertz CT molecular complexity index is 4830. The van der Waals surface area contributed by atoms with Crippen molar-refractivity contribution in [2.75, 3.05) is 132 Å². The number of aromatic nitrogens is 4. The molecule has 133 heavy (non-hydrogen) atoms. The van der Waals surface area contributed by atoms with Crippen LogP contribution in [0.25, 0.3) is 51.3 Å². The summed E-state index contributed by atoms with van der Waals surface area (Å²) in [6.45, 7) is 45.4. The van der Waals surface area contributed by atoms with Gasteiger partial charge < -0.3 is 94.5 Å². The number of ketones is 2. The number of aldehydes is 1. The molecule has 6 N–H and O–H groups in total. The summed E-state index contributed by atoms with van der Waals surface area (Å²) >= 11 is 6.47. The van der Waals surface area contributed by atoms with Gasteiger partial charge in [-0.25, -0.2) is 28.7 Å². The molecule has 39 heteroatoms. The van der Waals surface area contributed by atoms with Crippen molar-refractivity contribution < 1.29 is 124 Å². The van der Waals surface area contributed by atoms with Gasteiger partial charge in [0, 0.05) is 133 Å². The SMILES string of the molecule is CC(CN)C1(C)OCCO1.CC(CN=[N+]=[N-])C1(C)OCCO1.CC(CO)C1(C)OCCO1.CCC(C)C1(C)OCCO1.CCOC(=O)C(C)C(C)=O.CCOC(=O)C(C)C1(C)OCCO1.C[C@H]1CN[C@H](c2ccc3scnc3c2)CC1(F)F.C[C@H]1CN[C@H](c2ccc3scnc3c2)CC12OCCO2.C[C@H]1CN[C@H](c2ccc3scnc3c2)CC1=O.O=Cc1ccc2scnc2c1.[Al].[H-].[Li+]. The normalized spacial score (nSPS) is 23.5. The number of carbonyl (C=O) groups is 5. The van der Waals surface area contributed by atoms with Crippen LogP contribution in [0, 0.1) is 53.3 Å². The van der Waals surface area contributed by atoms with E-state index in [-0.39, 0.29) is 116 Å². The van der Waals surface area contributed by atoms with Crippen molar-refractivity contribution in [1.82, 2.24) is 35.9 Å². The van der Waals surface area contributed by atoms with E-state index in [1.165, 1.54) is 27.5 Å². The minimum atomic E-state index is -2.59. The molecule has 0 amide bonds. The number of benzene rings is 4. The van der Waals surface area contributed by atoms with Gasteiger partial charge in [-0.3, -0.25) is 24.0 Å². The van der Waals surface area contributed by atoms with Gasteiger partial charge in [-0.2, -0.15) is 0 Å². The number of nitrogens with zero attached hydrogens (tertiary/aromatic N) is 7. The number of hydrogen-bond acceptors (Lipinski definition) is 33. The van der Waals surface area contributed by atoms with E-state index in [0.717, 1.165) is 82.5 Å². The molecule has 0 bridgehead atoms. The first-order chi connectivity index (χ1) is 62.4. The molecule has 17 rings (SSSR count). The number of piperidine rings is 3. The largest absolute Gasteiger partial charge is 1.00 e. The number of ether oxygens (including phenoxy) is 14. The van der Waals surface area contributed by atoms with Crippen molar-refractivity contribution in [1.29, 1.82) is 0 Å². The number of hydrogen-bond donors (Lipinski definition) is 5. The first kappa shape index (κ1) is 116. The van der Waals surface area contributed by atoms with Crippen LogP contribution < -0.4 is 40.5 Å². The number of azide groups is 1. The van der Waals surface area contributed by atoms with Crippen molar-refractivity contribution in [2.45, 2.75) is 209 Å². The molecule has 31 nitrogen and oxygen atoms in total. The maximum atomic E-state index is 13.7.